The molecule has 0 aliphatic rings. The Bertz CT molecular complexity index is 3120. The summed E-state index contributed by atoms with van der Waals surface area (Å²) in [6, 6.07) is 75.3. The number of hydrogen-bond donors (Lipinski definition) is 0. The molecule has 0 aliphatic heterocycles. The number of para-hydroxylation sites is 2. The van der Waals surface area contributed by atoms with Crippen LogP contribution in [0.1, 0.15) is 11.1 Å². The molecular weight excluding hydrogens is 717 g/mol. The number of benzene rings is 9. The summed E-state index contributed by atoms with van der Waals surface area (Å²) < 4.78 is 6.95. The van der Waals surface area contributed by atoms with Gasteiger partial charge in [-0.2, -0.15) is 10.5 Å². The third kappa shape index (κ3) is 6.34. The van der Waals surface area contributed by atoms with E-state index in [9.17, 15) is 10.5 Å². The average molecular weight is 751 g/mol. The van der Waals surface area contributed by atoms with Gasteiger partial charge in [-0.3, -0.25) is 0 Å². The Morgan fingerprint density at radius 2 is 0.593 bits per heavy atom. The van der Waals surface area contributed by atoms with E-state index >= 15 is 0 Å². The molecule has 10 aromatic rings. The Hall–Kier alpha value is -8.24. The molecule has 0 bridgehead atoms. The van der Waals surface area contributed by atoms with E-state index in [2.05, 4.69) is 146 Å². The molecule has 3 heteroatoms. The largest absolute Gasteiger partial charge is 0.455 e. The molecule has 0 unspecified atom stereocenters. The van der Waals surface area contributed by atoms with E-state index in [0.717, 1.165) is 99.8 Å². The molecule has 0 spiro atoms. The van der Waals surface area contributed by atoms with Crippen LogP contribution in [0.2, 0.25) is 0 Å². The van der Waals surface area contributed by atoms with E-state index in [4.69, 9.17) is 4.42 Å². The topological polar surface area (TPSA) is 60.7 Å². The minimum absolute atomic E-state index is 0.641. The van der Waals surface area contributed by atoms with Crippen LogP contribution in [0.25, 0.3) is 99.8 Å². The number of hydrogen-bond acceptors (Lipinski definition) is 3. The van der Waals surface area contributed by atoms with E-state index in [-0.39, 0.29) is 0 Å². The fourth-order valence-corrected chi connectivity index (χ4v) is 8.35. The van der Waals surface area contributed by atoms with E-state index in [0.29, 0.717) is 11.1 Å². The number of nitriles is 2. The summed E-state index contributed by atoms with van der Waals surface area (Å²) in [6.07, 6.45) is 0. The van der Waals surface area contributed by atoms with E-state index in [1.807, 2.05) is 72.8 Å². The normalized spacial score (nSPS) is 11.0. The molecule has 10 rings (SSSR count). The Morgan fingerprint density at radius 3 is 0.966 bits per heavy atom. The number of furan rings is 1. The number of nitrogens with zero attached hydrogens (tertiary/aromatic N) is 2. The molecule has 0 N–H and O–H groups in total. The van der Waals surface area contributed by atoms with Gasteiger partial charge in [-0.1, -0.05) is 182 Å². The standard InChI is InChI=1S/C56H34N2O/c57-35-53-49(38-15-5-1-6-16-38)31-43(32-50(53)39-17-7-2-8-18-39)37-27-29-42(30-28-37)45-23-13-25-47-48-26-14-24-46(56(48)59-55(45)47)44-33-51(40-19-9-3-10-20-40)54(36-58)52(34-44)41-21-11-4-12-22-41/h1-34H. The highest BCUT2D eigenvalue weighted by Crippen LogP contribution is 2.44. The van der Waals surface area contributed by atoms with Crippen LogP contribution < -0.4 is 0 Å². The highest BCUT2D eigenvalue weighted by atomic mass is 16.3. The zero-order valence-corrected chi connectivity index (χ0v) is 31.9. The molecule has 3 nitrogen and oxygen atoms in total. The summed E-state index contributed by atoms with van der Waals surface area (Å²) in [5, 5.41) is 23.0. The van der Waals surface area contributed by atoms with Crippen LogP contribution in [-0.2, 0) is 0 Å². The predicted octanol–water partition coefficient (Wildman–Crippen LogP) is 15.0. The lowest BCUT2D eigenvalue weighted by Crippen LogP contribution is -1.93. The molecule has 0 saturated heterocycles. The minimum atomic E-state index is 0.641. The van der Waals surface area contributed by atoms with Gasteiger partial charge < -0.3 is 4.42 Å². The van der Waals surface area contributed by atoms with Crippen LogP contribution in [0.15, 0.2) is 211 Å². The highest BCUT2D eigenvalue weighted by Gasteiger charge is 2.20. The third-order valence-corrected chi connectivity index (χ3v) is 11.2. The van der Waals surface area contributed by atoms with Gasteiger partial charge in [0.1, 0.15) is 23.3 Å². The van der Waals surface area contributed by atoms with Crippen LogP contribution in [0.3, 0.4) is 0 Å². The van der Waals surface area contributed by atoms with Crippen LogP contribution in [0.5, 0.6) is 0 Å². The van der Waals surface area contributed by atoms with Gasteiger partial charge in [-0.25, -0.2) is 0 Å². The molecule has 274 valence electrons. The maximum Gasteiger partial charge on any atom is 0.143 e. The highest BCUT2D eigenvalue weighted by molar-refractivity contribution is 6.13. The van der Waals surface area contributed by atoms with E-state index < -0.39 is 0 Å². The maximum absolute atomic E-state index is 10.5. The van der Waals surface area contributed by atoms with Gasteiger partial charge in [0.2, 0.25) is 0 Å². The van der Waals surface area contributed by atoms with Gasteiger partial charge in [0.05, 0.1) is 11.1 Å². The third-order valence-electron chi connectivity index (χ3n) is 11.2. The first-order valence-electron chi connectivity index (χ1n) is 19.6. The van der Waals surface area contributed by atoms with Gasteiger partial charge in [-0.05, 0) is 68.8 Å². The van der Waals surface area contributed by atoms with Gasteiger partial charge in [0.15, 0.2) is 0 Å². The lowest BCUT2D eigenvalue weighted by atomic mass is 9.88. The second-order valence-electron chi connectivity index (χ2n) is 14.6. The van der Waals surface area contributed by atoms with Crippen molar-refractivity contribution in [3.63, 3.8) is 0 Å². The van der Waals surface area contributed by atoms with Crippen molar-refractivity contribution >= 4 is 21.9 Å². The predicted molar refractivity (Wildman–Crippen MR) is 241 cm³/mol. The van der Waals surface area contributed by atoms with Crippen molar-refractivity contribution in [3.8, 4) is 90.0 Å². The summed E-state index contributed by atoms with van der Waals surface area (Å²) in [7, 11) is 0. The van der Waals surface area contributed by atoms with Crippen LogP contribution in [-0.4, -0.2) is 0 Å². The SMILES string of the molecule is N#Cc1c(-c2ccccc2)cc(-c2ccc(-c3cccc4c3oc3c(-c5cc(-c6ccccc6)c(C#N)c(-c6ccccc6)c5)cccc34)cc2)cc1-c1ccccc1. The Labute approximate surface area is 343 Å². The fourth-order valence-electron chi connectivity index (χ4n) is 8.35. The molecule has 1 heterocycles. The van der Waals surface area contributed by atoms with Crippen LogP contribution in [0.4, 0.5) is 0 Å². The Balaban J connectivity index is 1.10. The van der Waals surface area contributed by atoms with E-state index in [1.54, 1.807) is 0 Å². The molecule has 1 aromatic heterocycles. The first kappa shape index (κ1) is 35.2. The zero-order chi connectivity index (χ0) is 39.7. The van der Waals surface area contributed by atoms with E-state index in [1.165, 1.54) is 0 Å². The Morgan fingerprint density at radius 1 is 0.271 bits per heavy atom. The van der Waals surface area contributed by atoms with Crippen LogP contribution in [0, 0.1) is 22.7 Å². The zero-order valence-electron chi connectivity index (χ0n) is 31.9. The summed E-state index contributed by atoms with van der Waals surface area (Å²) >= 11 is 0. The summed E-state index contributed by atoms with van der Waals surface area (Å²) in [5.74, 6) is 0. The first-order chi connectivity index (χ1) is 29.2. The first-order valence-corrected chi connectivity index (χ1v) is 19.6. The van der Waals surface area contributed by atoms with Crippen molar-refractivity contribution in [1.29, 1.82) is 10.5 Å². The van der Waals surface area contributed by atoms with Crippen molar-refractivity contribution in [3.05, 3.63) is 217 Å². The van der Waals surface area contributed by atoms with Crippen LogP contribution >= 0.6 is 0 Å². The molecule has 59 heavy (non-hydrogen) atoms. The molecule has 0 amide bonds. The van der Waals surface area contributed by atoms with Gasteiger partial charge >= 0.3 is 0 Å². The average Bonchev–Trinajstić information content (AvgIpc) is 3.71. The fraction of sp³-hybridized carbons (Fsp3) is 0. The summed E-state index contributed by atoms with van der Waals surface area (Å²) in [5.41, 5.74) is 16.5. The van der Waals surface area contributed by atoms with Crippen molar-refractivity contribution in [2.45, 2.75) is 0 Å². The quantitative estimate of drug-likeness (QED) is 0.163. The maximum atomic E-state index is 10.5. The van der Waals surface area contributed by atoms with Gasteiger partial charge in [0.25, 0.3) is 0 Å². The van der Waals surface area contributed by atoms with Crippen molar-refractivity contribution < 1.29 is 4.42 Å². The molecule has 0 fully saturated rings. The molecular formula is C56H34N2O. The number of fused-ring (bicyclic) bond motifs is 3. The monoisotopic (exact) mass is 750 g/mol. The van der Waals surface area contributed by atoms with Crippen molar-refractivity contribution in [2.75, 3.05) is 0 Å². The summed E-state index contributed by atoms with van der Waals surface area (Å²) in [6.45, 7) is 0. The minimum Gasteiger partial charge on any atom is -0.455 e. The van der Waals surface area contributed by atoms with Crippen molar-refractivity contribution in [1.82, 2.24) is 0 Å². The number of rotatable bonds is 7. The molecule has 0 atom stereocenters. The second-order valence-corrected chi connectivity index (χ2v) is 14.6. The molecule has 0 saturated carbocycles. The smallest absolute Gasteiger partial charge is 0.143 e. The lowest BCUT2D eigenvalue weighted by Gasteiger charge is -2.14. The van der Waals surface area contributed by atoms with Gasteiger partial charge in [0, 0.05) is 44.2 Å². The Kier molecular flexibility index (Phi) is 8.96. The lowest BCUT2D eigenvalue weighted by molar-refractivity contribution is 0.671. The molecule has 9 aromatic carbocycles. The van der Waals surface area contributed by atoms with Crippen molar-refractivity contribution in [2.24, 2.45) is 0 Å². The second kappa shape index (κ2) is 15.0. The summed E-state index contributed by atoms with van der Waals surface area (Å²) in [4.78, 5) is 0. The van der Waals surface area contributed by atoms with Gasteiger partial charge in [-0.15, -0.1) is 0 Å². The molecule has 0 radical (unpaired) electrons. The molecule has 0 aliphatic carbocycles.